The molecule has 0 atom stereocenters. The molecular weight excluding hydrogens is 242 g/mol. The third kappa shape index (κ3) is 2.36. The van der Waals surface area contributed by atoms with E-state index in [9.17, 15) is 0 Å². The van der Waals surface area contributed by atoms with Crippen molar-refractivity contribution in [1.82, 2.24) is 0 Å². The Morgan fingerprint density at radius 2 is 1.94 bits per heavy atom. The highest BCUT2D eigenvalue weighted by atomic mass is 32.1. The normalized spacial score (nSPS) is 10.9. The van der Waals surface area contributed by atoms with Gasteiger partial charge < -0.3 is 10.5 Å². The van der Waals surface area contributed by atoms with Crippen LogP contribution < -0.4 is 10.5 Å². The Bertz CT molecular complexity index is 558. The van der Waals surface area contributed by atoms with Crippen LogP contribution in [0, 0.1) is 6.92 Å². The summed E-state index contributed by atoms with van der Waals surface area (Å²) in [5.41, 5.74) is 10.7. The minimum absolute atomic E-state index is 0.440. The van der Waals surface area contributed by atoms with Gasteiger partial charge in [-0.05, 0) is 53.3 Å². The number of nitrogen functional groups attached to an aromatic ring is 1. The fraction of sp³-hybridized carbons (Fsp3) is 0.333. The lowest BCUT2D eigenvalue weighted by Gasteiger charge is -2.15. The van der Waals surface area contributed by atoms with Gasteiger partial charge in [-0.3, -0.25) is 0 Å². The van der Waals surface area contributed by atoms with Gasteiger partial charge in [0.1, 0.15) is 5.75 Å². The number of ether oxygens (including phenoxy) is 1. The second-order valence-electron chi connectivity index (χ2n) is 4.80. The van der Waals surface area contributed by atoms with Crippen LogP contribution in [-0.4, -0.2) is 7.11 Å². The summed E-state index contributed by atoms with van der Waals surface area (Å²) < 4.78 is 5.46. The molecule has 3 heteroatoms. The molecule has 0 bridgehead atoms. The van der Waals surface area contributed by atoms with Gasteiger partial charge in [0.05, 0.1) is 12.1 Å². The number of nitrogens with two attached hydrogens (primary N) is 1. The molecule has 0 amide bonds. The number of rotatable bonds is 3. The Labute approximate surface area is 112 Å². The van der Waals surface area contributed by atoms with Crippen LogP contribution in [0.4, 0.5) is 5.00 Å². The van der Waals surface area contributed by atoms with Crippen LogP contribution in [0.5, 0.6) is 5.75 Å². The summed E-state index contributed by atoms with van der Waals surface area (Å²) in [4.78, 5) is 0. The number of aryl methyl sites for hydroxylation is 1. The Balaban J connectivity index is 2.58. The van der Waals surface area contributed by atoms with Crippen LogP contribution in [0.25, 0.3) is 11.1 Å². The average Bonchev–Trinajstić information content (AvgIpc) is 2.74. The lowest BCUT2D eigenvalue weighted by Crippen LogP contribution is -1.96. The maximum Gasteiger partial charge on any atom is 0.122 e. The molecule has 0 spiro atoms. The lowest BCUT2D eigenvalue weighted by atomic mass is 9.94. The van der Waals surface area contributed by atoms with E-state index in [1.165, 1.54) is 22.3 Å². The van der Waals surface area contributed by atoms with E-state index < -0.39 is 0 Å². The van der Waals surface area contributed by atoms with Crippen molar-refractivity contribution in [2.24, 2.45) is 0 Å². The number of methoxy groups -OCH3 is 1. The predicted molar refractivity (Wildman–Crippen MR) is 79.5 cm³/mol. The van der Waals surface area contributed by atoms with Gasteiger partial charge in [-0.15, -0.1) is 11.3 Å². The van der Waals surface area contributed by atoms with Gasteiger partial charge in [0.2, 0.25) is 0 Å². The monoisotopic (exact) mass is 261 g/mol. The van der Waals surface area contributed by atoms with Gasteiger partial charge in [0.25, 0.3) is 0 Å². The Morgan fingerprint density at radius 3 is 2.44 bits per heavy atom. The van der Waals surface area contributed by atoms with Crippen molar-refractivity contribution in [2.45, 2.75) is 26.7 Å². The van der Waals surface area contributed by atoms with E-state index in [1.54, 1.807) is 18.4 Å². The molecule has 1 aromatic heterocycles. The van der Waals surface area contributed by atoms with Gasteiger partial charge in [0, 0.05) is 5.38 Å². The van der Waals surface area contributed by atoms with Gasteiger partial charge in [0.15, 0.2) is 0 Å². The van der Waals surface area contributed by atoms with E-state index in [4.69, 9.17) is 10.5 Å². The lowest BCUT2D eigenvalue weighted by molar-refractivity contribution is 0.407. The van der Waals surface area contributed by atoms with E-state index in [-0.39, 0.29) is 0 Å². The first kappa shape index (κ1) is 13.0. The van der Waals surface area contributed by atoms with E-state index in [2.05, 4.69) is 38.3 Å². The molecule has 2 N–H and O–H groups in total. The maximum atomic E-state index is 5.81. The first-order valence-corrected chi connectivity index (χ1v) is 6.93. The summed E-state index contributed by atoms with van der Waals surface area (Å²) in [5.74, 6) is 1.41. The second kappa shape index (κ2) is 5.02. The molecule has 2 rings (SSSR count). The predicted octanol–water partition coefficient (Wildman–Crippen LogP) is 4.44. The Hall–Kier alpha value is -1.48. The third-order valence-electron chi connectivity index (χ3n) is 3.13. The molecule has 1 aromatic carbocycles. The summed E-state index contributed by atoms with van der Waals surface area (Å²) in [5, 5.41) is 2.96. The minimum atomic E-state index is 0.440. The van der Waals surface area contributed by atoms with Crippen molar-refractivity contribution in [3.05, 3.63) is 34.7 Å². The highest BCUT2D eigenvalue weighted by Gasteiger charge is 2.13. The summed E-state index contributed by atoms with van der Waals surface area (Å²) >= 11 is 1.58. The van der Waals surface area contributed by atoms with Crippen LogP contribution in [0.1, 0.15) is 30.9 Å². The molecule has 2 nitrogen and oxygen atoms in total. The number of hydrogen-bond donors (Lipinski definition) is 1. The number of benzene rings is 1. The second-order valence-corrected chi connectivity index (χ2v) is 5.74. The zero-order valence-electron chi connectivity index (χ0n) is 11.3. The van der Waals surface area contributed by atoms with Crippen molar-refractivity contribution in [2.75, 3.05) is 12.8 Å². The minimum Gasteiger partial charge on any atom is -0.496 e. The molecule has 96 valence electrons. The number of anilines is 1. The van der Waals surface area contributed by atoms with Gasteiger partial charge >= 0.3 is 0 Å². The van der Waals surface area contributed by atoms with Gasteiger partial charge in [-0.1, -0.05) is 13.8 Å². The molecule has 0 aliphatic heterocycles. The van der Waals surface area contributed by atoms with E-state index in [0.717, 1.165) is 10.8 Å². The van der Waals surface area contributed by atoms with Crippen molar-refractivity contribution in [1.29, 1.82) is 0 Å². The topological polar surface area (TPSA) is 35.2 Å². The van der Waals surface area contributed by atoms with Crippen LogP contribution in [0.2, 0.25) is 0 Å². The van der Waals surface area contributed by atoms with Gasteiger partial charge in [-0.25, -0.2) is 0 Å². The van der Waals surface area contributed by atoms with Crippen molar-refractivity contribution < 1.29 is 4.74 Å². The average molecular weight is 261 g/mol. The molecule has 0 aliphatic rings. The van der Waals surface area contributed by atoms with Gasteiger partial charge in [-0.2, -0.15) is 0 Å². The zero-order chi connectivity index (χ0) is 13.3. The molecule has 1 heterocycles. The van der Waals surface area contributed by atoms with Crippen LogP contribution >= 0.6 is 11.3 Å². The fourth-order valence-corrected chi connectivity index (χ4v) is 2.78. The first-order chi connectivity index (χ1) is 8.52. The zero-order valence-corrected chi connectivity index (χ0v) is 12.1. The third-order valence-corrected chi connectivity index (χ3v) is 3.89. The van der Waals surface area contributed by atoms with Crippen molar-refractivity contribution in [3.8, 4) is 16.9 Å². The van der Waals surface area contributed by atoms with E-state index in [1.807, 2.05) is 6.07 Å². The smallest absolute Gasteiger partial charge is 0.122 e. The molecule has 0 fully saturated rings. The molecule has 0 saturated heterocycles. The summed E-state index contributed by atoms with van der Waals surface area (Å²) in [6, 6.07) is 6.36. The molecule has 18 heavy (non-hydrogen) atoms. The maximum absolute atomic E-state index is 5.81. The fourth-order valence-electron chi connectivity index (χ4n) is 2.13. The van der Waals surface area contributed by atoms with Crippen LogP contribution in [0.3, 0.4) is 0 Å². The quantitative estimate of drug-likeness (QED) is 0.886. The van der Waals surface area contributed by atoms with E-state index >= 15 is 0 Å². The molecular formula is C15H19NOS. The Kier molecular flexibility index (Phi) is 3.62. The van der Waals surface area contributed by atoms with Crippen LogP contribution in [-0.2, 0) is 0 Å². The molecule has 0 unspecified atom stereocenters. The number of hydrogen-bond acceptors (Lipinski definition) is 3. The summed E-state index contributed by atoms with van der Waals surface area (Å²) in [6.45, 7) is 6.47. The van der Waals surface area contributed by atoms with E-state index in [0.29, 0.717) is 5.92 Å². The summed E-state index contributed by atoms with van der Waals surface area (Å²) in [7, 11) is 1.73. The van der Waals surface area contributed by atoms with Crippen molar-refractivity contribution >= 4 is 16.3 Å². The highest BCUT2D eigenvalue weighted by molar-refractivity contribution is 7.14. The first-order valence-electron chi connectivity index (χ1n) is 6.05. The highest BCUT2D eigenvalue weighted by Crippen LogP contribution is 2.36. The SMILES string of the molecule is COc1cc(C)c(-c2csc(N)c2)cc1C(C)C. The molecule has 0 radical (unpaired) electrons. The standard InChI is InChI=1S/C15H19NOS/c1-9(2)12-7-13(10(3)5-14(12)17-4)11-6-15(16)18-8-11/h5-9H,16H2,1-4H3. The molecule has 0 aliphatic carbocycles. The van der Waals surface area contributed by atoms with Crippen LogP contribution in [0.15, 0.2) is 23.6 Å². The number of thiophene rings is 1. The molecule has 2 aromatic rings. The molecule has 0 saturated carbocycles. The van der Waals surface area contributed by atoms with Crippen molar-refractivity contribution in [3.63, 3.8) is 0 Å². The largest absolute Gasteiger partial charge is 0.496 e. The summed E-state index contributed by atoms with van der Waals surface area (Å²) in [6.07, 6.45) is 0. The Morgan fingerprint density at radius 1 is 1.22 bits per heavy atom.